The van der Waals surface area contributed by atoms with Crippen LogP contribution in [0.2, 0.25) is 0 Å². The maximum Gasteiger partial charge on any atom is 0.244 e. The number of carbonyl (C=O) groups is 12. The highest BCUT2D eigenvalue weighted by Crippen LogP contribution is 2.28. The molecule has 23 heteroatoms. The van der Waals surface area contributed by atoms with Crippen molar-refractivity contribution < 1.29 is 62.6 Å². The van der Waals surface area contributed by atoms with Gasteiger partial charge >= 0.3 is 0 Å². The van der Waals surface area contributed by atoms with Gasteiger partial charge in [-0.15, -0.1) is 11.8 Å². The Bertz CT molecular complexity index is 2700. The number of allylic oxidation sites excluding steroid dienone is 2. The maximum atomic E-state index is 14.1. The Morgan fingerprint density at radius 1 is 0.701 bits per heavy atom. The fraction of sp³-hybridized carbons (Fsp3) is 0.594. The number of hydrogen-bond acceptors (Lipinski definition) is 14. The zero-order valence-corrected chi connectivity index (χ0v) is 53.7. The number of nitrogens with zero attached hydrogens (tertiary/aromatic N) is 2. The van der Waals surface area contributed by atoms with Crippen molar-refractivity contribution in [1.29, 1.82) is 0 Å². The second-order valence-corrected chi connectivity index (χ2v) is 24.4. The van der Waals surface area contributed by atoms with Gasteiger partial charge in [-0.2, -0.15) is 0 Å². The number of ketones is 3. The first kappa shape index (κ1) is 75.8. The number of amides is 9. The summed E-state index contributed by atoms with van der Waals surface area (Å²) in [6.45, 7) is 17.5. The van der Waals surface area contributed by atoms with Crippen molar-refractivity contribution in [3.8, 4) is 0 Å². The minimum absolute atomic E-state index is 0.0968. The molecule has 0 aromatic heterocycles. The molecule has 6 unspecified atom stereocenters. The van der Waals surface area contributed by atoms with E-state index in [2.05, 4.69) is 21.3 Å². The number of Topliss-reactive ketones (excluding diaryl/α,β-unsaturated/α-hetero) is 2. The summed E-state index contributed by atoms with van der Waals surface area (Å²) in [5.74, 6) is -8.32. The Balaban J connectivity index is 0.000000668. The summed E-state index contributed by atoms with van der Waals surface area (Å²) in [4.78, 5) is 156. The molecule has 1 aliphatic heterocycles. The summed E-state index contributed by atoms with van der Waals surface area (Å²) >= 11 is 1.33. The van der Waals surface area contributed by atoms with Crippen molar-refractivity contribution >= 4 is 87.8 Å². The molecule has 2 aromatic rings. The molecule has 0 spiro atoms. The van der Waals surface area contributed by atoms with Crippen molar-refractivity contribution in [3.63, 3.8) is 0 Å². The zero-order chi connectivity index (χ0) is 65.7. The smallest absolute Gasteiger partial charge is 0.244 e. The van der Waals surface area contributed by atoms with E-state index in [0.29, 0.717) is 25.7 Å². The van der Waals surface area contributed by atoms with Crippen molar-refractivity contribution in [3.05, 3.63) is 76.9 Å². The molecule has 2 aromatic carbocycles. The second kappa shape index (κ2) is 38.8. The first-order valence-corrected chi connectivity index (χ1v) is 31.3. The number of primary amides is 3. The molecule has 0 aliphatic carbocycles. The highest BCUT2D eigenvalue weighted by Gasteiger charge is 2.41. The lowest BCUT2D eigenvalue weighted by Crippen LogP contribution is -2.54. The SMILES string of the molecule is CCCCC(CC(=O)/C=C(\C)c1ccc(C)cc1)C(=O)N(C)CC(=O)N[C@H](C)CCC(N)=O.CCCCC(CC(=O)C(Cc1ccc(C)cc1)NC(C)=O)C(=O)N1CSC[C@H]1C(=O)N[C@@H](CCC(N)=O)C(=O)CC(C(=O)NC(C(N)=O)C(C)C)C(C)O. The van der Waals surface area contributed by atoms with E-state index in [9.17, 15) is 62.6 Å². The van der Waals surface area contributed by atoms with Gasteiger partial charge in [0.25, 0.3) is 0 Å². The molecule has 0 radical (unpaired) electrons. The minimum Gasteiger partial charge on any atom is -0.393 e. The van der Waals surface area contributed by atoms with Gasteiger partial charge in [-0.05, 0) is 95.4 Å². The molecule has 1 aliphatic rings. The van der Waals surface area contributed by atoms with Crippen LogP contribution in [-0.2, 0) is 64.0 Å². The second-order valence-electron chi connectivity index (χ2n) is 23.4. The Labute approximate surface area is 517 Å². The third-order valence-electron chi connectivity index (χ3n) is 15.1. The van der Waals surface area contributed by atoms with Crippen molar-refractivity contribution in [1.82, 2.24) is 31.1 Å². The van der Waals surface area contributed by atoms with Crippen LogP contribution < -0.4 is 38.5 Å². The van der Waals surface area contributed by atoms with Crippen LogP contribution in [0, 0.1) is 37.5 Å². The zero-order valence-electron chi connectivity index (χ0n) is 52.9. The minimum atomic E-state index is -1.33. The molecule has 1 saturated heterocycles. The molecular weight excluding hydrogens is 1130 g/mol. The number of rotatable bonds is 37. The van der Waals surface area contributed by atoms with Crippen LogP contribution in [-0.4, -0.2) is 147 Å². The van der Waals surface area contributed by atoms with Gasteiger partial charge in [0.05, 0.1) is 36.5 Å². The molecular formula is C64H97N9O13S. The van der Waals surface area contributed by atoms with Crippen LogP contribution >= 0.6 is 11.8 Å². The van der Waals surface area contributed by atoms with Gasteiger partial charge in [0, 0.05) is 69.7 Å². The summed E-state index contributed by atoms with van der Waals surface area (Å²) in [6.07, 6.45) is 4.21. The van der Waals surface area contributed by atoms with E-state index < -0.39 is 95.7 Å². The number of unbranched alkanes of at least 4 members (excludes halogenated alkanes) is 2. The third-order valence-corrected chi connectivity index (χ3v) is 16.1. The molecule has 0 bridgehead atoms. The summed E-state index contributed by atoms with van der Waals surface area (Å²) in [6, 6.07) is 11.1. The van der Waals surface area contributed by atoms with Crippen LogP contribution in [0.3, 0.4) is 0 Å². The van der Waals surface area contributed by atoms with E-state index in [1.165, 1.54) is 35.4 Å². The monoisotopic (exact) mass is 1230 g/mol. The van der Waals surface area contributed by atoms with E-state index in [0.717, 1.165) is 47.1 Å². The van der Waals surface area contributed by atoms with Crippen molar-refractivity contribution in [2.45, 2.75) is 195 Å². The summed E-state index contributed by atoms with van der Waals surface area (Å²) in [7, 11) is 1.58. The van der Waals surface area contributed by atoms with E-state index in [4.69, 9.17) is 17.2 Å². The molecule has 1 heterocycles. The molecule has 9 amide bonds. The van der Waals surface area contributed by atoms with Crippen LogP contribution in [0.4, 0.5) is 0 Å². The Morgan fingerprint density at radius 2 is 1.25 bits per heavy atom. The maximum absolute atomic E-state index is 14.1. The summed E-state index contributed by atoms with van der Waals surface area (Å²) in [5, 5.41) is 21.1. The number of thioether (sulfide) groups is 1. The van der Waals surface area contributed by atoms with E-state index in [-0.39, 0.29) is 97.9 Å². The normalized spacial score (nSPS) is 15.8. The first-order chi connectivity index (χ1) is 40.9. The van der Waals surface area contributed by atoms with Crippen molar-refractivity contribution in [2.75, 3.05) is 25.2 Å². The molecule has 0 saturated carbocycles. The lowest BCUT2D eigenvalue weighted by atomic mass is 9.90. The number of benzene rings is 2. The van der Waals surface area contributed by atoms with Gasteiger partial charge < -0.3 is 53.4 Å². The van der Waals surface area contributed by atoms with Gasteiger partial charge in [0.1, 0.15) is 12.1 Å². The lowest BCUT2D eigenvalue weighted by molar-refractivity contribution is -0.143. The van der Waals surface area contributed by atoms with E-state index >= 15 is 0 Å². The largest absolute Gasteiger partial charge is 0.393 e. The number of hydrogen-bond donors (Lipinski definition) is 8. The van der Waals surface area contributed by atoms with E-state index in [1.54, 1.807) is 33.9 Å². The molecule has 1 fully saturated rings. The van der Waals surface area contributed by atoms with Gasteiger partial charge in [-0.3, -0.25) is 57.5 Å². The van der Waals surface area contributed by atoms with Crippen LogP contribution in [0.5, 0.6) is 0 Å². The number of likely N-dealkylation sites (N-methyl/N-ethyl adjacent to an activating group) is 1. The topological polar surface area (TPSA) is 358 Å². The average Bonchev–Trinajstić information content (AvgIpc) is 2.71. The predicted molar refractivity (Wildman–Crippen MR) is 335 cm³/mol. The average molecular weight is 1230 g/mol. The Kier molecular flexibility index (Phi) is 33.8. The number of aryl methyl sites for hydroxylation is 2. The molecule has 9 atom stereocenters. The molecule has 11 N–H and O–H groups in total. The number of aliphatic hydroxyl groups is 1. The lowest BCUT2D eigenvalue weighted by Gasteiger charge is -2.30. The first-order valence-electron chi connectivity index (χ1n) is 30.1. The fourth-order valence-electron chi connectivity index (χ4n) is 9.81. The molecule has 3 rings (SSSR count). The highest BCUT2D eigenvalue weighted by molar-refractivity contribution is 7.99. The quantitative estimate of drug-likeness (QED) is 0.0434. The number of nitrogens with one attached hydrogen (secondary N) is 4. The van der Waals surface area contributed by atoms with Crippen LogP contribution in [0.1, 0.15) is 161 Å². The summed E-state index contributed by atoms with van der Waals surface area (Å²) in [5.41, 5.74) is 20.8. The van der Waals surface area contributed by atoms with Crippen molar-refractivity contribution in [2.24, 2.45) is 40.9 Å². The molecule has 482 valence electrons. The highest BCUT2D eigenvalue weighted by atomic mass is 32.2. The van der Waals surface area contributed by atoms with Crippen LogP contribution in [0.25, 0.3) is 5.57 Å². The van der Waals surface area contributed by atoms with Gasteiger partial charge in [-0.1, -0.05) is 113 Å². The number of nitrogens with two attached hydrogens (primary N) is 3. The number of carbonyl (C=O) groups excluding carboxylic acids is 12. The summed E-state index contributed by atoms with van der Waals surface area (Å²) < 4.78 is 0. The molecule has 22 nitrogen and oxygen atoms in total. The fourth-order valence-corrected chi connectivity index (χ4v) is 11.0. The standard InChI is InChI=1S/C38H58N6O9S.C26H39N3O4/c1-7-8-9-26(17-31(47)29(41-24(6)46)16-25-12-10-22(4)11-13-25)38(53)44-20-54-19-30(44)37(52)42-28(14-15-33(39)49)32(48)18-27(23(5)45)36(51)43-34(21(2)3)35(40)50;1-6-7-8-22(16-23(30)15-19(3)21-12-9-18(2)10-13-21)26(33)29(5)17-25(32)28-20(4)11-14-24(27)31/h10-13,21,23,26-30,34,45H,7-9,14-20H2,1-6H3,(H2,39,49)(H2,40,50)(H,41,46)(H,42,52)(H,43,51);9-10,12-13,15,20,22H,6-8,11,14,16-17H2,1-5H3,(H2,27,31)(H,28,32)/b;19-15+/t23?,26?,27?,28-,29?,30-,34?;20-,22?/m01/s1. The number of aliphatic hydroxyl groups excluding tert-OH is 1. The third kappa shape index (κ3) is 28.0. The predicted octanol–water partition coefficient (Wildman–Crippen LogP) is 4.43. The Morgan fingerprint density at radius 3 is 1.78 bits per heavy atom. The Hall–Kier alpha value is -7.27. The van der Waals surface area contributed by atoms with Gasteiger partial charge in [-0.25, -0.2) is 0 Å². The van der Waals surface area contributed by atoms with Gasteiger partial charge in [0.2, 0.25) is 53.2 Å². The van der Waals surface area contributed by atoms with Crippen LogP contribution in [0.15, 0.2) is 54.6 Å². The van der Waals surface area contributed by atoms with Gasteiger partial charge in [0.15, 0.2) is 17.3 Å². The molecule has 87 heavy (non-hydrogen) atoms. The van der Waals surface area contributed by atoms with E-state index in [1.807, 2.05) is 83.1 Å².